The van der Waals surface area contributed by atoms with Crippen LogP contribution in [0.25, 0.3) is 0 Å². The first-order valence-corrected chi connectivity index (χ1v) is 8.31. The Hall–Kier alpha value is -1.40. The van der Waals surface area contributed by atoms with Gasteiger partial charge in [-0.25, -0.2) is 0 Å². The van der Waals surface area contributed by atoms with E-state index in [1.54, 1.807) is 11.0 Å². The minimum atomic E-state index is -1.16. The molecule has 0 aromatic carbocycles. The lowest BCUT2D eigenvalue weighted by Gasteiger charge is -2.45. The van der Waals surface area contributed by atoms with E-state index in [0.717, 1.165) is 6.54 Å². The van der Waals surface area contributed by atoms with Gasteiger partial charge in [0.1, 0.15) is 5.60 Å². The molecule has 0 aliphatic carbocycles. The number of piperidine rings is 3. The SMILES string of the molecule is O=C([O-])[C@H]1[C@H]2C=C[C@]3(CN([C@H]4C[NH+]5CCC4CC5)C(=O)[C@@H]13)O2. The Morgan fingerprint density at radius 2 is 2.18 bits per heavy atom. The van der Waals surface area contributed by atoms with Crippen molar-refractivity contribution in [3.8, 4) is 0 Å². The number of rotatable bonds is 2. The molecule has 1 spiro atoms. The summed E-state index contributed by atoms with van der Waals surface area (Å²) in [5.41, 5.74) is -0.714. The van der Waals surface area contributed by atoms with Gasteiger partial charge in [-0.2, -0.15) is 0 Å². The van der Waals surface area contributed by atoms with Gasteiger partial charge in [-0.1, -0.05) is 12.2 Å². The molecule has 0 aromatic heterocycles. The van der Waals surface area contributed by atoms with E-state index < -0.39 is 29.5 Å². The summed E-state index contributed by atoms with van der Waals surface area (Å²) in [6, 6.07) is 0.253. The number of carbonyl (C=O) groups excluding carboxylic acids is 2. The number of likely N-dealkylation sites (tertiary alicyclic amines) is 1. The minimum Gasteiger partial charge on any atom is -0.550 e. The van der Waals surface area contributed by atoms with E-state index in [0.29, 0.717) is 12.5 Å². The summed E-state index contributed by atoms with van der Waals surface area (Å²) in [7, 11) is 0. The highest BCUT2D eigenvalue weighted by atomic mass is 16.5. The topological polar surface area (TPSA) is 74.1 Å². The summed E-state index contributed by atoms with van der Waals surface area (Å²) in [5.74, 6) is -2.02. The van der Waals surface area contributed by atoms with Gasteiger partial charge in [0.25, 0.3) is 0 Å². The quantitative estimate of drug-likeness (QED) is 0.559. The molecule has 22 heavy (non-hydrogen) atoms. The fraction of sp³-hybridized carbons (Fsp3) is 0.750. The van der Waals surface area contributed by atoms with Gasteiger partial charge in [-0.15, -0.1) is 0 Å². The maximum absolute atomic E-state index is 13.0. The molecule has 6 heteroatoms. The molecule has 118 valence electrons. The summed E-state index contributed by atoms with van der Waals surface area (Å²) in [6.07, 6.45) is 5.58. The van der Waals surface area contributed by atoms with Crippen LogP contribution in [0.15, 0.2) is 12.2 Å². The van der Waals surface area contributed by atoms with E-state index in [-0.39, 0.29) is 11.9 Å². The second-order valence-corrected chi connectivity index (χ2v) is 7.54. The van der Waals surface area contributed by atoms with E-state index in [4.69, 9.17) is 4.74 Å². The van der Waals surface area contributed by atoms with Gasteiger partial charge < -0.3 is 24.4 Å². The maximum Gasteiger partial charge on any atom is 0.230 e. The molecule has 0 radical (unpaired) electrons. The lowest BCUT2D eigenvalue weighted by atomic mass is 9.77. The number of quaternary nitrogens is 1. The highest BCUT2D eigenvalue weighted by molar-refractivity contribution is 5.90. The van der Waals surface area contributed by atoms with Crippen LogP contribution >= 0.6 is 0 Å². The molecular formula is C16H20N2O4. The van der Waals surface area contributed by atoms with Crippen LogP contribution in [0.1, 0.15) is 12.8 Å². The Morgan fingerprint density at radius 3 is 2.82 bits per heavy atom. The van der Waals surface area contributed by atoms with Gasteiger partial charge in [-0.3, -0.25) is 4.79 Å². The summed E-state index contributed by atoms with van der Waals surface area (Å²) in [5, 5.41) is 11.5. The monoisotopic (exact) mass is 304 g/mol. The predicted molar refractivity (Wildman–Crippen MR) is 72.5 cm³/mol. The summed E-state index contributed by atoms with van der Waals surface area (Å²) in [4.78, 5) is 28.0. The Balaban J connectivity index is 1.48. The number of carbonyl (C=O) groups is 2. The zero-order chi connectivity index (χ0) is 15.1. The fourth-order valence-electron chi connectivity index (χ4n) is 5.54. The Morgan fingerprint density at radius 1 is 1.41 bits per heavy atom. The van der Waals surface area contributed by atoms with Crippen molar-refractivity contribution in [2.75, 3.05) is 26.2 Å². The van der Waals surface area contributed by atoms with E-state index in [1.165, 1.54) is 25.9 Å². The average Bonchev–Trinajstić information content (AvgIpc) is 3.16. The third-order valence-electron chi connectivity index (χ3n) is 6.58. The largest absolute Gasteiger partial charge is 0.550 e. The zero-order valence-electron chi connectivity index (χ0n) is 12.4. The first kappa shape index (κ1) is 13.1. The van der Waals surface area contributed by atoms with Crippen molar-refractivity contribution in [2.45, 2.75) is 30.6 Å². The van der Waals surface area contributed by atoms with Crippen molar-refractivity contribution < 1.29 is 24.3 Å². The first-order valence-electron chi connectivity index (χ1n) is 8.31. The summed E-state index contributed by atoms with van der Waals surface area (Å²) in [6.45, 7) is 3.93. The van der Waals surface area contributed by atoms with Crippen LogP contribution < -0.4 is 10.0 Å². The molecule has 1 amide bonds. The molecule has 5 atom stereocenters. The summed E-state index contributed by atoms with van der Waals surface area (Å²) >= 11 is 0. The lowest BCUT2D eigenvalue weighted by Crippen LogP contribution is -3.16. The molecule has 5 fully saturated rings. The second-order valence-electron chi connectivity index (χ2n) is 7.54. The third-order valence-corrected chi connectivity index (χ3v) is 6.58. The van der Waals surface area contributed by atoms with Crippen LogP contribution in [0.4, 0.5) is 0 Å². The molecule has 0 aromatic rings. The summed E-state index contributed by atoms with van der Waals surface area (Å²) < 4.78 is 5.93. The van der Waals surface area contributed by atoms with Gasteiger partial charge in [0, 0.05) is 24.7 Å². The highest BCUT2D eigenvalue weighted by Gasteiger charge is 2.66. The number of amides is 1. The van der Waals surface area contributed by atoms with Gasteiger partial charge >= 0.3 is 0 Å². The minimum absolute atomic E-state index is 0.0285. The number of carboxylic acids is 1. The van der Waals surface area contributed by atoms with Gasteiger partial charge in [-0.05, 0) is 5.92 Å². The van der Waals surface area contributed by atoms with E-state index in [9.17, 15) is 14.7 Å². The molecule has 0 unspecified atom stereocenters. The number of ether oxygens (including phenoxy) is 1. The molecule has 1 N–H and O–H groups in total. The Kier molecular flexibility index (Phi) is 2.45. The number of nitrogens with one attached hydrogen (secondary N) is 1. The highest BCUT2D eigenvalue weighted by Crippen LogP contribution is 2.52. The van der Waals surface area contributed by atoms with Crippen molar-refractivity contribution >= 4 is 11.9 Å². The average molecular weight is 304 g/mol. The zero-order valence-corrected chi connectivity index (χ0v) is 12.4. The van der Waals surface area contributed by atoms with Gasteiger partial charge in [0.2, 0.25) is 5.91 Å². The molecule has 6 aliphatic rings. The van der Waals surface area contributed by atoms with Crippen molar-refractivity contribution in [1.82, 2.24) is 4.90 Å². The van der Waals surface area contributed by atoms with E-state index in [2.05, 4.69) is 0 Å². The number of hydrogen-bond donors (Lipinski definition) is 1. The predicted octanol–water partition coefficient (Wildman–Crippen LogP) is -2.80. The van der Waals surface area contributed by atoms with Gasteiger partial charge in [0.15, 0.2) is 0 Å². The van der Waals surface area contributed by atoms with Crippen molar-refractivity contribution in [3.63, 3.8) is 0 Å². The number of aliphatic carboxylic acids is 1. The van der Waals surface area contributed by atoms with Crippen LogP contribution in [-0.2, 0) is 14.3 Å². The fourth-order valence-corrected chi connectivity index (χ4v) is 5.54. The van der Waals surface area contributed by atoms with E-state index in [1.807, 2.05) is 11.0 Å². The standard InChI is InChI=1S/C16H20N2O4/c19-14-13-12(15(20)21)11-1-4-16(13,22-11)8-18(14)10-7-17-5-2-9(10)3-6-17/h1,4,9-13H,2-3,5-8H2,(H,20,21)/t10-,11+,12-,13+,16+/m0/s1. The normalized spacial score (nSPS) is 51.6. The second kappa shape index (κ2) is 4.11. The third kappa shape index (κ3) is 1.47. The molecule has 6 aliphatic heterocycles. The smallest absolute Gasteiger partial charge is 0.230 e. The molecular weight excluding hydrogens is 284 g/mol. The van der Waals surface area contributed by atoms with Crippen molar-refractivity contribution in [1.29, 1.82) is 0 Å². The van der Waals surface area contributed by atoms with Crippen LogP contribution in [0.2, 0.25) is 0 Å². The molecule has 5 saturated heterocycles. The maximum atomic E-state index is 13.0. The van der Waals surface area contributed by atoms with Gasteiger partial charge in [0.05, 0.1) is 44.2 Å². The molecule has 6 rings (SSSR count). The van der Waals surface area contributed by atoms with Crippen molar-refractivity contribution in [2.24, 2.45) is 17.8 Å². The molecule has 0 saturated carbocycles. The Bertz CT molecular complexity index is 583. The Labute approximate surface area is 128 Å². The lowest BCUT2D eigenvalue weighted by molar-refractivity contribution is -0.918. The van der Waals surface area contributed by atoms with Crippen molar-refractivity contribution in [3.05, 3.63) is 12.2 Å². The number of carboxylic acid groups (broad SMARTS) is 1. The number of hydrogen-bond acceptors (Lipinski definition) is 4. The van der Waals surface area contributed by atoms with Crippen LogP contribution in [-0.4, -0.2) is 60.7 Å². The first-order chi connectivity index (χ1) is 10.6. The van der Waals surface area contributed by atoms with Crippen LogP contribution in [0, 0.1) is 17.8 Å². The number of fused-ring (bicyclic) bond motifs is 4. The van der Waals surface area contributed by atoms with Crippen LogP contribution in [0.3, 0.4) is 0 Å². The molecule has 6 nitrogen and oxygen atoms in total. The van der Waals surface area contributed by atoms with E-state index >= 15 is 0 Å². The molecule has 4 bridgehead atoms. The number of nitrogens with zero attached hydrogens (tertiary/aromatic N) is 1. The molecule has 6 heterocycles. The van der Waals surface area contributed by atoms with Crippen LogP contribution in [0.5, 0.6) is 0 Å².